The molecule has 3 nitrogen and oxygen atoms in total. The number of halogens is 1. The minimum atomic E-state index is -0.322. The second-order valence-corrected chi connectivity index (χ2v) is 6.41. The summed E-state index contributed by atoms with van der Waals surface area (Å²) in [6.07, 6.45) is 5.46. The summed E-state index contributed by atoms with van der Waals surface area (Å²) in [6, 6.07) is 8.78. The van der Waals surface area contributed by atoms with Crippen LogP contribution < -0.4 is 10.6 Å². The molecule has 0 bridgehead atoms. The van der Waals surface area contributed by atoms with Crippen molar-refractivity contribution in [3.63, 3.8) is 0 Å². The number of hydrogen-bond acceptors (Lipinski definition) is 2. The first-order valence-corrected chi connectivity index (χ1v) is 8.11. The van der Waals surface area contributed by atoms with E-state index in [-0.39, 0.29) is 23.7 Å². The quantitative estimate of drug-likeness (QED) is 0.872. The second-order valence-electron chi connectivity index (χ2n) is 6.41. The lowest BCUT2D eigenvalue weighted by Gasteiger charge is -2.37. The molecule has 0 spiro atoms. The Labute approximate surface area is 140 Å². The standard InChI is InChI=1S/C18H28N2O.ClH/c1-14-8-7-9-16(12-14)18(10-5-4-6-11-18)17(21)20-13-15(2)19-3;/h7-9,12,15,19H,4-6,10-11,13H2,1-3H3,(H,20,21);1H. The van der Waals surface area contributed by atoms with Gasteiger partial charge in [0.25, 0.3) is 0 Å². The molecular weight excluding hydrogens is 296 g/mol. The highest BCUT2D eigenvalue weighted by atomic mass is 35.5. The number of benzene rings is 1. The van der Waals surface area contributed by atoms with Gasteiger partial charge in [0.1, 0.15) is 0 Å². The summed E-state index contributed by atoms with van der Waals surface area (Å²) in [5.74, 6) is 0.204. The van der Waals surface area contributed by atoms with Gasteiger partial charge in [0, 0.05) is 12.6 Å². The molecule has 1 aromatic carbocycles. The largest absolute Gasteiger partial charge is 0.354 e. The smallest absolute Gasteiger partial charge is 0.230 e. The normalized spacial score (nSPS) is 18.1. The van der Waals surface area contributed by atoms with E-state index in [0.717, 1.165) is 25.7 Å². The Kier molecular flexibility index (Phi) is 7.37. The fourth-order valence-electron chi connectivity index (χ4n) is 3.26. The van der Waals surface area contributed by atoms with Gasteiger partial charge in [0.05, 0.1) is 5.41 Å². The van der Waals surface area contributed by atoms with E-state index < -0.39 is 0 Å². The summed E-state index contributed by atoms with van der Waals surface area (Å²) in [5.41, 5.74) is 2.10. The molecule has 1 unspecified atom stereocenters. The number of amides is 1. The zero-order chi connectivity index (χ0) is 15.3. The van der Waals surface area contributed by atoms with E-state index in [2.05, 4.69) is 48.7 Å². The minimum Gasteiger partial charge on any atom is -0.354 e. The van der Waals surface area contributed by atoms with E-state index in [1.807, 2.05) is 7.05 Å². The van der Waals surface area contributed by atoms with E-state index in [9.17, 15) is 4.79 Å². The van der Waals surface area contributed by atoms with Crippen LogP contribution in [0.15, 0.2) is 24.3 Å². The molecule has 22 heavy (non-hydrogen) atoms. The van der Waals surface area contributed by atoms with Crippen molar-refractivity contribution in [3.05, 3.63) is 35.4 Å². The van der Waals surface area contributed by atoms with Crippen molar-refractivity contribution in [2.45, 2.75) is 57.4 Å². The van der Waals surface area contributed by atoms with Crippen LogP contribution in [0.25, 0.3) is 0 Å². The average Bonchev–Trinajstić information content (AvgIpc) is 2.52. The molecule has 1 aliphatic rings. The lowest BCUT2D eigenvalue weighted by molar-refractivity contribution is -0.128. The Hall–Kier alpha value is -1.06. The van der Waals surface area contributed by atoms with Crippen LogP contribution in [-0.4, -0.2) is 25.5 Å². The molecule has 124 valence electrons. The molecule has 0 aliphatic heterocycles. The number of rotatable bonds is 5. The zero-order valence-corrected chi connectivity index (χ0v) is 14.8. The topological polar surface area (TPSA) is 41.1 Å². The SMILES string of the molecule is CNC(C)CNC(=O)C1(c2cccc(C)c2)CCCCC1.Cl. The van der Waals surface area contributed by atoms with Crippen molar-refractivity contribution < 1.29 is 4.79 Å². The van der Waals surface area contributed by atoms with E-state index in [1.54, 1.807) is 0 Å². The van der Waals surface area contributed by atoms with Gasteiger partial charge in [-0.3, -0.25) is 4.79 Å². The van der Waals surface area contributed by atoms with Crippen LogP contribution >= 0.6 is 12.4 Å². The Morgan fingerprint density at radius 3 is 2.55 bits per heavy atom. The molecule has 0 radical (unpaired) electrons. The van der Waals surface area contributed by atoms with Crippen molar-refractivity contribution in [1.82, 2.24) is 10.6 Å². The molecule has 2 N–H and O–H groups in total. The predicted octanol–water partition coefficient (Wildman–Crippen LogP) is 3.34. The van der Waals surface area contributed by atoms with Gasteiger partial charge in [-0.05, 0) is 39.3 Å². The van der Waals surface area contributed by atoms with Crippen LogP contribution in [0.2, 0.25) is 0 Å². The fourth-order valence-corrected chi connectivity index (χ4v) is 3.26. The lowest BCUT2D eigenvalue weighted by Crippen LogP contribution is -2.48. The van der Waals surface area contributed by atoms with E-state index in [0.29, 0.717) is 12.6 Å². The summed E-state index contributed by atoms with van der Waals surface area (Å²) in [7, 11) is 1.92. The molecule has 4 heteroatoms. The van der Waals surface area contributed by atoms with Crippen LogP contribution in [-0.2, 0) is 10.2 Å². The zero-order valence-electron chi connectivity index (χ0n) is 13.9. The Balaban J connectivity index is 0.00000242. The third-order valence-corrected chi connectivity index (χ3v) is 4.77. The van der Waals surface area contributed by atoms with Gasteiger partial charge in [0.15, 0.2) is 0 Å². The molecular formula is C18H29ClN2O. The van der Waals surface area contributed by atoms with Crippen molar-refractivity contribution in [1.29, 1.82) is 0 Å². The third-order valence-electron chi connectivity index (χ3n) is 4.77. The van der Waals surface area contributed by atoms with Gasteiger partial charge < -0.3 is 10.6 Å². The summed E-state index contributed by atoms with van der Waals surface area (Å²) in [6.45, 7) is 4.87. The van der Waals surface area contributed by atoms with Crippen molar-refractivity contribution >= 4 is 18.3 Å². The first kappa shape index (κ1) is 19.0. The van der Waals surface area contributed by atoms with Crippen LogP contribution in [0.5, 0.6) is 0 Å². The van der Waals surface area contributed by atoms with Crippen molar-refractivity contribution in [3.8, 4) is 0 Å². The maximum atomic E-state index is 12.9. The van der Waals surface area contributed by atoms with Gasteiger partial charge in [-0.2, -0.15) is 0 Å². The number of likely N-dealkylation sites (N-methyl/N-ethyl adjacent to an activating group) is 1. The molecule has 1 amide bonds. The molecule has 1 aliphatic carbocycles. The summed E-state index contributed by atoms with van der Waals surface area (Å²) >= 11 is 0. The van der Waals surface area contributed by atoms with E-state index in [1.165, 1.54) is 17.5 Å². The maximum absolute atomic E-state index is 12.9. The van der Waals surface area contributed by atoms with Crippen LogP contribution in [0.3, 0.4) is 0 Å². The molecule has 1 fully saturated rings. The predicted molar refractivity (Wildman–Crippen MR) is 94.7 cm³/mol. The summed E-state index contributed by atoms with van der Waals surface area (Å²) in [4.78, 5) is 12.9. The van der Waals surface area contributed by atoms with Gasteiger partial charge in [-0.1, -0.05) is 49.1 Å². The van der Waals surface area contributed by atoms with E-state index in [4.69, 9.17) is 0 Å². The first-order chi connectivity index (χ1) is 10.1. The third kappa shape index (κ3) is 4.23. The molecule has 1 saturated carbocycles. The maximum Gasteiger partial charge on any atom is 0.230 e. The van der Waals surface area contributed by atoms with Gasteiger partial charge >= 0.3 is 0 Å². The molecule has 1 aromatic rings. The Morgan fingerprint density at radius 2 is 1.95 bits per heavy atom. The summed E-state index contributed by atoms with van der Waals surface area (Å²) < 4.78 is 0. The molecule has 2 rings (SSSR count). The average molecular weight is 325 g/mol. The summed E-state index contributed by atoms with van der Waals surface area (Å²) in [5, 5.41) is 6.33. The molecule has 0 heterocycles. The van der Waals surface area contributed by atoms with Gasteiger partial charge in [0.2, 0.25) is 5.91 Å². The number of hydrogen-bond donors (Lipinski definition) is 2. The number of carbonyl (C=O) groups excluding carboxylic acids is 1. The highest BCUT2D eigenvalue weighted by Gasteiger charge is 2.40. The van der Waals surface area contributed by atoms with Gasteiger partial charge in [-0.25, -0.2) is 0 Å². The number of carbonyl (C=O) groups is 1. The number of aryl methyl sites for hydroxylation is 1. The molecule has 0 aromatic heterocycles. The van der Waals surface area contributed by atoms with Gasteiger partial charge in [-0.15, -0.1) is 12.4 Å². The monoisotopic (exact) mass is 324 g/mol. The Morgan fingerprint density at radius 1 is 1.27 bits per heavy atom. The second kappa shape index (κ2) is 8.54. The van der Waals surface area contributed by atoms with Crippen LogP contribution in [0.1, 0.15) is 50.2 Å². The van der Waals surface area contributed by atoms with Crippen LogP contribution in [0, 0.1) is 6.92 Å². The van der Waals surface area contributed by atoms with E-state index >= 15 is 0 Å². The lowest BCUT2D eigenvalue weighted by atomic mass is 9.68. The van der Waals surface area contributed by atoms with Crippen molar-refractivity contribution in [2.75, 3.05) is 13.6 Å². The Bertz CT molecular complexity index is 484. The first-order valence-electron chi connectivity index (χ1n) is 8.11. The highest BCUT2D eigenvalue weighted by Crippen LogP contribution is 2.40. The minimum absolute atomic E-state index is 0. The fraction of sp³-hybridized carbons (Fsp3) is 0.611. The van der Waals surface area contributed by atoms with Crippen LogP contribution in [0.4, 0.5) is 0 Å². The van der Waals surface area contributed by atoms with Crippen molar-refractivity contribution in [2.24, 2.45) is 0 Å². The molecule has 1 atom stereocenters. The molecule has 0 saturated heterocycles. The highest BCUT2D eigenvalue weighted by molar-refractivity contribution is 5.88. The number of nitrogens with one attached hydrogen (secondary N) is 2.